The number of nitrogens with one attached hydrogen (secondary N) is 1. The van der Waals surface area contributed by atoms with Crippen LogP contribution in [0.3, 0.4) is 0 Å². The zero-order chi connectivity index (χ0) is 14.5. The van der Waals surface area contributed by atoms with E-state index in [2.05, 4.69) is 17.4 Å². The second-order valence-corrected chi connectivity index (χ2v) is 4.94. The Morgan fingerprint density at radius 2 is 1.90 bits per heavy atom. The molecule has 5 heteroatoms. The molecule has 0 aliphatic heterocycles. The monoisotopic (exact) mass is 271 g/mol. The first-order valence-corrected chi connectivity index (χ1v) is 6.67. The molecule has 1 atom stereocenters. The lowest BCUT2D eigenvalue weighted by atomic mass is 9.76. The van der Waals surface area contributed by atoms with Crippen LogP contribution in [0.1, 0.15) is 18.9 Å². The lowest BCUT2D eigenvalue weighted by Crippen LogP contribution is -2.45. The molecule has 3 N–H and O–H groups in total. The van der Waals surface area contributed by atoms with Gasteiger partial charge in [0.2, 0.25) is 5.91 Å². The molecule has 0 bridgehead atoms. The van der Waals surface area contributed by atoms with Crippen molar-refractivity contribution in [3.63, 3.8) is 0 Å². The Balaban J connectivity index is 2.05. The van der Waals surface area contributed by atoms with Crippen LogP contribution in [0.5, 0.6) is 0 Å². The smallest absolute Gasteiger partial charge is 0.426 e. The topological polar surface area (TPSA) is 69.6 Å². The number of rotatable bonds is 5. The van der Waals surface area contributed by atoms with E-state index in [0.29, 0.717) is 12.8 Å². The Labute approximate surface area is 118 Å². The van der Waals surface area contributed by atoms with E-state index in [0.717, 1.165) is 10.9 Å². The van der Waals surface area contributed by atoms with E-state index in [4.69, 9.17) is 0 Å². The molecule has 0 heterocycles. The van der Waals surface area contributed by atoms with Crippen molar-refractivity contribution >= 4 is 23.8 Å². The maximum atomic E-state index is 11.0. The van der Waals surface area contributed by atoms with Gasteiger partial charge in [-0.2, -0.15) is 0 Å². The predicted octanol–water partition coefficient (Wildman–Crippen LogP) is 1.29. The maximum Gasteiger partial charge on any atom is 0.475 e. The molecular formula is C15H18BNO3. The van der Waals surface area contributed by atoms with Gasteiger partial charge in [-0.15, -0.1) is 0 Å². The van der Waals surface area contributed by atoms with Gasteiger partial charge in [-0.25, -0.2) is 0 Å². The molecule has 0 aromatic heterocycles. The quantitative estimate of drug-likeness (QED) is 0.718. The van der Waals surface area contributed by atoms with Crippen molar-refractivity contribution < 1.29 is 14.8 Å². The van der Waals surface area contributed by atoms with Crippen molar-refractivity contribution in [3.05, 3.63) is 48.0 Å². The maximum absolute atomic E-state index is 11.0. The standard InChI is InChI=1S/C15H18BNO3/c1-11(18)17-15(16(19)20)9-7-12-6-8-13-4-2-3-5-14(13)10-12/h2-6,8,10,15,19-20H,7,9H2,1H3,(H,17,18)/t15-/m0/s1. The number of amides is 1. The van der Waals surface area contributed by atoms with Gasteiger partial charge in [-0.1, -0.05) is 42.5 Å². The second-order valence-electron chi connectivity index (χ2n) is 4.94. The Kier molecular flexibility index (Phi) is 4.77. The third kappa shape index (κ3) is 3.82. The van der Waals surface area contributed by atoms with Gasteiger partial charge in [0.1, 0.15) is 0 Å². The van der Waals surface area contributed by atoms with Crippen LogP contribution >= 0.6 is 0 Å². The highest BCUT2D eigenvalue weighted by Crippen LogP contribution is 2.17. The van der Waals surface area contributed by atoms with Gasteiger partial charge in [0, 0.05) is 6.92 Å². The number of carbonyl (C=O) groups is 1. The molecule has 2 aromatic rings. The Bertz CT molecular complexity index is 600. The van der Waals surface area contributed by atoms with Crippen molar-refractivity contribution in [2.45, 2.75) is 25.7 Å². The Hall–Kier alpha value is -1.85. The summed E-state index contributed by atoms with van der Waals surface area (Å²) in [6.07, 6.45) is 1.16. The molecule has 0 saturated heterocycles. The van der Waals surface area contributed by atoms with E-state index in [-0.39, 0.29) is 5.91 Å². The fourth-order valence-electron chi connectivity index (χ4n) is 2.27. The van der Waals surface area contributed by atoms with Crippen LogP contribution in [0, 0.1) is 0 Å². The van der Waals surface area contributed by atoms with Crippen LogP contribution in [0.25, 0.3) is 10.8 Å². The summed E-state index contributed by atoms with van der Waals surface area (Å²) in [4.78, 5) is 11.0. The van der Waals surface area contributed by atoms with Crippen LogP contribution < -0.4 is 5.32 Å². The zero-order valence-corrected chi connectivity index (χ0v) is 11.4. The van der Waals surface area contributed by atoms with Crippen molar-refractivity contribution in [1.82, 2.24) is 5.32 Å². The van der Waals surface area contributed by atoms with Crippen molar-refractivity contribution in [2.75, 3.05) is 0 Å². The number of hydrogen-bond donors (Lipinski definition) is 3. The average Bonchev–Trinajstić information content (AvgIpc) is 2.42. The molecule has 2 rings (SSSR count). The first kappa shape index (κ1) is 14.6. The fourth-order valence-corrected chi connectivity index (χ4v) is 2.27. The van der Waals surface area contributed by atoms with Gasteiger partial charge in [0.05, 0.1) is 5.94 Å². The van der Waals surface area contributed by atoms with E-state index in [9.17, 15) is 14.8 Å². The molecule has 0 spiro atoms. The van der Waals surface area contributed by atoms with Crippen LogP contribution in [0.4, 0.5) is 0 Å². The summed E-state index contributed by atoms with van der Waals surface area (Å²) in [6.45, 7) is 1.37. The van der Waals surface area contributed by atoms with E-state index in [1.54, 1.807) is 0 Å². The number of aryl methyl sites for hydroxylation is 1. The van der Waals surface area contributed by atoms with E-state index in [1.807, 2.05) is 30.3 Å². The van der Waals surface area contributed by atoms with Crippen molar-refractivity contribution in [3.8, 4) is 0 Å². The summed E-state index contributed by atoms with van der Waals surface area (Å²) in [5.41, 5.74) is 1.11. The largest absolute Gasteiger partial charge is 0.475 e. The van der Waals surface area contributed by atoms with Gasteiger partial charge >= 0.3 is 7.12 Å². The van der Waals surface area contributed by atoms with E-state index < -0.39 is 13.1 Å². The molecule has 2 aromatic carbocycles. The molecule has 0 fully saturated rings. The lowest BCUT2D eigenvalue weighted by Gasteiger charge is -2.16. The molecule has 20 heavy (non-hydrogen) atoms. The lowest BCUT2D eigenvalue weighted by molar-refractivity contribution is -0.119. The van der Waals surface area contributed by atoms with Gasteiger partial charge < -0.3 is 15.4 Å². The van der Waals surface area contributed by atoms with E-state index in [1.165, 1.54) is 12.3 Å². The van der Waals surface area contributed by atoms with Crippen LogP contribution in [-0.4, -0.2) is 29.0 Å². The third-order valence-electron chi connectivity index (χ3n) is 3.31. The van der Waals surface area contributed by atoms with Gasteiger partial charge in [0.15, 0.2) is 0 Å². The molecule has 1 amide bonds. The molecule has 0 aliphatic carbocycles. The summed E-state index contributed by atoms with van der Waals surface area (Å²) in [6, 6.07) is 14.2. The Morgan fingerprint density at radius 3 is 2.55 bits per heavy atom. The minimum Gasteiger partial charge on any atom is -0.426 e. The number of benzene rings is 2. The van der Waals surface area contributed by atoms with Gasteiger partial charge in [-0.3, -0.25) is 4.79 Å². The first-order chi connectivity index (χ1) is 9.56. The highest BCUT2D eigenvalue weighted by Gasteiger charge is 2.23. The van der Waals surface area contributed by atoms with Crippen LogP contribution in [0.2, 0.25) is 0 Å². The molecule has 0 saturated carbocycles. The van der Waals surface area contributed by atoms with Gasteiger partial charge in [-0.05, 0) is 29.2 Å². The molecule has 0 aliphatic rings. The Morgan fingerprint density at radius 1 is 1.20 bits per heavy atom. The number of carbonyl (C=O) groups excluding carboxylic acids is 1. The molecule has 0 unspecified atom stereocenters. The predicted molar refractivity (Wildman–Crippen MR) is 80.1 cm³/mol. The fraction of sp³-hybridized carbons (Fsp3) is 0.267. The minimum atomic E-state index is -1.54. The summed E-state index contributed by atoms with van der Waals surface area (Å²) >= 11 is 0. The van der Waals surface area contributed by atoms with E-state index >= 15 is 0 Å². The number of hydrogen-bond acceptors (Lipinski definition) is 3. The van der Waals surface area contributed by atoms with Crippen molar-refractivity contribution in [1.29, 1.82) is 0 Å². The summed E-state index contributed by atoms with van der Waals surface area (Å²) < 4.78 is 0. The molecule has 104 valence electrons. The first-order valence-electron chi connectivity index (χ1n) is 6.67. The minimum absolute atomic E-state index is 0.262. The molecule has 0 radical (unpaired) electrons. The third-order valence-corrected chi connectivity index (χ3v) is 3.31. The summed E-state index contributed by atoms with van der Waals surface area (Å²) in [5.74, 6) is -0.902. The molecule has 4 nitrogen and oxygen atoms in total. The number of fused-ring (bicyclic) bond motifs is 1. The summed E-state index contributed by atoms with van der Waals surface area (Å²) in [5, 5.41) is 23.4. The van der Waals surface area contributed by atoms with Crippen molar-refractivity contribution in [2.24, 2.45) is 0 Å². The zero-order valence-electron chi connectivity index (χ0n) is 11.4. The second kappa shape index (κ2) is 6.54. The highest BCUT2D eigenvalue weighted by atomic mass is 16.4. The molecular weight excluding hydrogens is 253 g/mol. The SMILES string of the molecule is CC(=O)N[C@@H](CCc1ccc2ccccc2c1)B(O)O. The van der Waals surface area contributed by atoms with Crippen LogP contribution in [0.15, 0.2) is 42.5 Å². The normalized spacial score (nSPS) is 12.2. The average molecular weight is 271 g/mol. The van der Waals surface area contributed by atoms with Gasteiger partial charge in [0.25, 0.3) is 0 Å². The highest BCUT2D eigenvalue weighted by molar-refractivity contribution is 6.43. The van der Waals surface area contributed by atoms with Crippen LogP contribution in [-0.2, 0) is 11.2 Å². The summed E-state index contributed by atoms with van der Waals surface area (Å²) in [7, 11) is -1.54.